The molecule has 6 heteroatoms. The third kappa shape index (κ3) is 5.46. The van der Waals surface area contributed by atoms with Crippen LogP contribution in [0.4, 0.5) is 0 Å². The lowest BCUT2D eigenvalue weighted by Gasteiger charge is -2.27. The molecular formula is C9H20N2O3S. The molecule has 0 aromatic carbocycles. The van der Waals surface area contributed by atoms with Crippen LogP contribution in [0.15, 0.2) is 0 Å². The molecule has 1 rings (SSSR count). The van der Waals surface area contributed by atoms with E-state index in [1.807, 2.05) is 0 Å². The number of aliphatic hydroxyl groups excluding tert-OH is 1. The van der Waals surface area contributed by atoms with Crippen molar-refractivity contribution in [3.63, 3.8) is 0 Å². The Morgan fingerprint density at radius 1 is 1.33 bits per heavy atom. The van der Waals surface area contributed by atoms with Crippen LogP contribution in [0.2, 0.25) is 0 Å². The molecule has 0 aromatic heterocycles. The first-order valence-electron chi connectivity index (χ1n) is 5.38. The van der Waals surface area contributed by atoms with E-state index in [4.69, 9.17) is 5.14 Å². The van der Waals surface area contributed by atoms with Gasteiger partial charge in [0.25, 0.3) is 0 Å². The summed E-state index contributed by atoms with van der Waals surface area (Å²) in [6, 6.07) is 0. The van der Waals surface area contributed by atoms with E-state index in [0.717, 1.165) is 25.7 Å². The van der Waals surface area contributed by atoms with E-state index in [1.165, 1.54) is 0 Å². The van der Waals surface area contributed by atoms with Crippen molar-refractivity contribution in [3.05, 3.63) is 0 Å². The Morgan fingerprint density at radius 2 is 2.00 bits per heavy atom. The molecule has 1 fully saturated rings. The summed E-state index contributed by atoms with van der Waals surface area (Å²) in [5.41, 5.74) is 0. The van der Waals surface area contributed by atoms with Crippen molar-refractivity contribution < 1.29 is 13.5 Å². The van der Waals surface area contributed by atoms with Crippen LogP contribution in [0.3, 0.4) is 0 Å². The summed E-state index contributed by atoms with van der Waals surface area (Å²) < 4.78 is 21.3. The monoisotopic (exact) mass is 236 g/mol. The molecule has 2 unspecified atom stereocenters. The summed E-state index contributed by atoms with van der Waals surface area (Å²) in [5, 5.41) is 17.5. The molecule has 0 amide bonds. The van der Waals surface area contributed by atoms with Gasteiger partial charge in [-0.15, -0.1) is 0 Å². The first kappa shape index (κ1) is 12.9. The molecular weight excluding hydrogens is 216 g/mol. The third-order valence-electron chi connectivity index (χ3n) is 2.84. The van der Waals surface area contributed by atoms with Gasteiger partial charge in [-0.25, -0.2) is 13.6 Å². The average molecular weight is 236 g/mol. The zero-order chi connectivity index (χ0) is 11.3. The lowest BCUT2D eigenvalue weighted by atomic mass is 9.86. The van der Waals surface area contributed by atoms with Gasteiger partial charge in [0.05, 0.1) is 11.9 Å². The maximum Gasteiger partial charge on any atom is 0.210 e. The van der Waals surface area contributed by atoms with E-state index < -0.39 is 10.0 Å². The molecule has 1 saturated carbocycles. The number of rotatable bonds is 5. The van der Waals surface area contributed by atoms with Gasteiger partial charge in [-0.1, -0.05) is 12.8 Å². The van der Waals surface area contributed by atoms with Crippen LogP contribution in [-0.2, 0) is 10.0 Å². The second-order valence-electron chi connectivity index (χ2n) is 4.18. The van der Waals surface area contributed by atoms with Crippen LogP contribution in [0.1, 0.15) is 25.7 Å². The predicted molar refractivity (Wildman–Crippen MR) is 58.8 cm³/mol. The molecule has 0 saturated heterocycles. The molecule has 4 N–H and O–H groups in total. The summed E-state index contributed by atoms with van der Waals surface area (Å²) >= 11 is 0. The molecule has 0 aromatic rings. The molecule has 2 atom stereocenters. The zero-order valence-corrected chi connectivity index (χ0v) is 9.67. The minimum absolute atomic E-state index is 0.0458. The van der Waals surface area contributed by atoms with Crippen molar-refractivity contribution >= 4 is 10.0 Å². The van der Waals surface area contributed by atoms with Gasteiger partial charge < -0.3 is 10.4 Å². The first-order valence-corrected chi connectivity index (χ1v) is 7.10. The predicted octanol–water partition coefficient (Wildman–Crippen LogP) is -0.584. The summed E-state index contributed by atoms with van der Waals surface area (Å²) in [5.74, 6) is 0.217. The minimum atomic E-state index is -3.37. The number of sulfonamides is 1. The van der Waals surface area contributed by atoms with Gasteiger partial charge in [0.1, 0.15) is 0 Å². The van der Waals surface area contributed by atoms with Gasteiger partial charge in [-0.05, 0) is 18.8 Å². The highest BCUT2D eigenvalue weighted by molar-refractivity contribution is 7.89. The number of nitrogens with two attached hydrogens (primary N) is 1. The van der Waals surface area contributed by atoms with Crippen LogP contribution in [0.5, 0.6) is 0 Å². The smallest absolute Gasteiger partial charge is 0.210 e. The fraction of sp³-hybridized carbons (Fsp3) is 1.00. The van der Waals surface area contributed by atoms with E-state index in [2.05, 4.69) is 5.32 Å². The van der Waals surface area contributed by atoms with E-state index in [9.17, 15) is 13.5 Å². The number of nitrogens with one attached hydrogen (secondary N) is 1. The molecule has 1 aliphatic carbocycles. The summed E-state index contributed by atoms with van der Waals surface area (Å²) in [4.78, 5) is 0. The van der Waals surface area contributed by atoms with Crippen LogP contribution in [0, 0.1) is 5.92 Å². The molecule has 15 heavy (non-hydrogen) atoms. The van der Waals surface area contributed by atoms with Crippen LogP contribution >= 0.6 is 0 Å². The van der Waals surface area contributed by atoms with E-state index in [-0.39, 0.29) is 17.8 Å². The van der Waals surface area contributed by atoms with Crippen molar-refractivity contribution in [1.29, 1.82) is 0 Å². The molecule has 0 bridgehead atoms. The highest BCUT2D eigenvalue weighted by Gasteiger charge is 2.22. The van der Waals surface area contributed by atoms with Crippen molar-refractivity contribution in [2.75, 3.05) is 18.8 Å². The zero-order valence-electron chi connectivity index (χ0n) is 8.85. The highest BCUT2D eigenvalue weighted by atomic mass is 32.2. The summed E-state index contributed by atoms with van der Waals surface area (Å²) in [6.07, 6.45) is 3.89. The summed E-state index contributed by atoms with van der Waals surface area (Å²) in [6.45, 7) is 1.04. The fourth-order valence-electron chi connectivity index (χ4n) is 1.93. The Balaban J connectivity index is 2.14. The van der Waals surface area contributed by atoms with Crippen molar-refractivity contribution in [2.45, 2.75) is 31.8 Å². The fourth-order valence-corrected chi connectivity index (χ4v) is 2.36. The van der Waals surface area contributed by atoms with E-state index in [0.29, 0.717) is 13.1 Å². The largest absolute Gasteiger partial charge is 0.393 e. The Labute approximate surface area is 91.1 Å². The van der Waals surface area contributed by atoms with Gasteiger partial charge in [0.2, 0.25) is 10.0 Å². The number of aliphatic hydroxyl groups is 1. The lowest BCUT2D eigenvalue weighted by Crippen LogP contribution is -2.36. The molecule has 0 aliphatic heterocycles. The topological polar surface area (TPSA) is 92.4 Å². The van der Waals surface area contributed by atoms with Crippen molar-refractivity contribution in [1.82, 2.24) is 5.32 Å². The van der Waals surface area contributed by atoms with Gasteiger partial charge in [0.15, 0.2) is 0 Å². The maximum absolute atomic E-state index is 10.6. The van der Waals surface area contributed by atoms with Crippen LogP contribution in [0.25, 0.3) is 0 Å². The highest BCUT2D eigenvalue weighted by Crippen LogP contribution is 2.23. The molecule has 0 heterocycles. The summed E-state index contributed by atoms with van der Waals surface area (Å²) in [7, 11) is -3.37. The number of primary sulfonamides is 1. The van der Waals surface area contributed by atoms with E-state index >= 15 is 0 Å². The van der Waals surface area contributed by atoms with Gasteiger partial charge in [0, 0.05) is 13.1 Å². The minimum Gasteiger partial charge on any atom is -0.393 e. The molecule has 5 nitrogen and oxygen atoms in total. The number of hydrogen-bond acceptors (Lipinski definition) is 4. The van der Waals surface area contributed by atoms with Crippen LogP contribution in [-0.4, -0.2) is 38.5 Å². The lowest BCUT2D eigenvalue weighted by molar-refractivity contribution is 0.0700. The van der Waals surface area contributed by atoms with Gasteiger partial charge in [-0.2, -0.15) is 0 Å². The quantitative estimate of drug-likeness (QED) is 0.557. The van der Waals surface area contributed by atoms with Gasteiger partial charge in [-0.3, -0.25) is 0 Å². The molecule has 0 radical (unpaired) electrons. The Bertz CT molecular complexity index is 279. The Hall–Kier alpha value is -0.170. The average Bonchev–Trinajstić information content (AvgIpc) is 2.13. The molecule has 0 spiro atoms. The van der Waals surface area contributed by atoms with Crippen LogP contribution < -0.4 is 10.5 Å². The number of hydrogen-bond donors (Lipinski definition) is 3. The standard InChI is InChI=1S/C9H20N2O3S/c10-15(13,14)6-5-11-7-8-3-1-2-4-9(8)12/h8-9,11-12H,1-7H2,(H2,10,13,14). The normalized spacial score (nSPS) is 27.9. The first-order chi connectivity index (χ1) is 6.99. The molecule has 1 aliphatic rings. The second-order valence-corrected chi connectivity index (χ2v) is 5.92. The second kappa shape index (κ2) is 5.79. The Kier molecular flexibility index (Phi) is 4.98. The Morgan fingerprint density at radius 3 is 2.60 bits per heavy atom. The van der Waals surface area contributed by atoms with E-state index in [1.54, 1.807) is 0 Å². The SMILES string of the molecule is NS(=O)(=O)CCNCC1CCCCC1O. The van der Waals surface area contributed by atoms with Gasteiger partial charge >= 0.3 is 0 Å². The maximum atomic E-state index is 10.6. The van der Waals surface area contributed by atoms with Crippen molar-refractivity contribution in [2.24, 2.45) is 11.1 Å². The molecule has 90 valence electrons. The third-order valence-corrected chi connectivity index (χ3v) is 3.61. The van der Waals surface area contributed by atoms with Crippen molar-refractivity contribution in [3.8, 4) is 0 Å².